The number of nitrogens with zero attached hydrogens (tertiary/aromatic N) is 1. The first-order valence-corrected chi connectivity index (χ1v) is 10.8. The molecule has 0 atom stereocenters. The van der Waals surface area contributed by atoms with E-state index in [1.165, 1.54) is 24.6 Å². The molecule has 3 rings (SSSR count). The summed E-state index contributed by atoms with van der Waals surface area (Å²) in [6.07, 6.45) is 5.35. The summed E-state index contributed by atoms with van der Waals surface area (Å²) in [7, 11) is 0. The van der Waals surface area contributed by atoms with Gasteiger partial charge in [-0.25, -0.2) is 0 Å². The zero-order chi connectivity index (χ0) is 19.1. The topological polar surface area (TPSA) is 78.5 Å². The van der Waals surface area contributed by atoms with Crippen LogP contribution >= 0.6 is 11.8 Å². The Morgan fingerprint density at radius 1 is 1.11 bits per heavy atom. The summed E-state index contributed by atoms with van der Waals surface area (Å²) in [6, 6.07) is 8.00. The van der Waals surface area contributed by atoms with Crippen LogP contribution in [0.5, 0.6) is 0 Å². The Morgan fingerprint density at radius 3 is 2.67 bits per heavy atom. The summed E-state index contributed by atoms with van der Waals surface area (Å²) in [6.45, 7) is 1.62. The molecule has 0 unspecified atom stereocenters. The Morgan fingerprint density at radius 2 is 1.85 bits per heavy atom. The van der Waals surface area contributed by atoms with Crippen LogP contribution in [-0.2, 0) is 16.0 Å². The van der Waals surface area contributed by atoms with Crippen molar-refractivity contribution in [1.82, 2.24) is 15.5 Å². The van der Waals surface area contributed by atoms with Gasteiger partial charge in [-0.2, -0.15) is 0 Å². The molecule has 7 heteroatoms. The number of carbonyl (C=O) groups is 3. The van der Waals surface area contributed by atoms with Crippen LogP contribution < -0.4 is 10.6 Å². The van der Waals surface area contributed by atoms with Gasteiger partial charge in [-0.15, -0.1) is 11.8 Å². The number of hydrogen-bond acceptors (Lipinski definition) is 4. The molecule has 1 aliphatic carbocycles. The Hall–Kier alpha value is -2.02. The van der Waals surface area contributed by atoms with E-state index in [4.69, 9.17) is 0 Å². The average Bonchev–Trinajstić information content (AvgIpc) is 3.17. The first-order chi connectivity index (χ1) is 13.1. The molecular formula is C20H27N3O3S. The minimum atomic E-state index is -0.0986. The normalized spacial score (nSPS) is 16.9. The van der Waals surface area contributed by atoms with Crippen molar-refractivity contribution in [2.24, 2.45) is 0 Å². The van der Waals surface area contributed by atoms with Gasteiger partial charge in [-0.1, -0.05) is 31.0 Å². The molecule has 0 radical (unpaired) electrons. The number of hydrogen-bond donors (Lipinski definition) is 2. The number of carbonyl (C=O) groups excluding carboxylic acids is 3. The van der Waals surface area contributed by atoms with Gasteiger partial charge in [0.1, 0.15) is 0 Å². The van der Waals surface area contributed by atoms with Crippen molar-refractivity contribution in [3.8, 4) is 0 Å². The van der Waals surface area contributed by atoms with Gasteiger partial charge in [0.2, 0.25) is 11.8 Å². The summed E-state index contributed by atoms with van der Waals surface area (Å²) in [5.74, 6) is 0.514. The van der Waals surface area contributed by atoms with Gasteiger partial charge < -0.3 is 15.5 Å². The summed E-state index contributed by atoms with van der Waals surface area (Å²) in [4.78, 5) is 38.0. The lowest BCUT2D eigenvalue weighted by Crippen LogP contribution is -2.42. The Kier molecular flexibility index (Phi) is 7.15. The molecule has 3 amide bonds. The highest BCUT2D eigenvalue weighted by Crippen LogP contribution is 2.18. The number of amides is 3. The Bertz CT molecular complexity index is 689. The standard InChI is InChI=1S/C20H27N3O3S/c24-18(13-27-14-19(25)22-16-6-2-3-7-16)21-10-12-23-11-9-15-5-1-4-8-17(15)20(23)26/h1,4-5,8,16H,2-3,6-7,9-14H2,(H,21,24)(H,22,25). The molecule has 2 N–H and O–H groups in total. The largest absolute Gasteiger partial charge is 0.354 e. The van der Waals surface area contributed by atoms with E-state index < -0.39 is 0 Å². The molecule has 1 saturated carbocycles. The van der Waals surface area contributed by atoms with Crippen LogP contribution in [0.4, 0.5) is 0 Å². The second-order valence-corrected chi connectivity index (χ2v) is 8.08. The van der Waals surface area contributed by atoms with Crippen LogP contribution in [0.2, 0.25) is 0 Å². The first kappa shape index (κ1) is 19.7. The quantitative estimate of drug-likeness (QED) is 0.708. The Balaban J connectivity index is 1.29. The Labute approximate surface area is 164 Å². The molecule has 0 saturated heterocycles. The zero-order valence-corrected chi connectivity index (χ0v) is 16.4. The lowest BCUT2D eigenvalue weighted by atomic mass is 9.99. The van der Waals surface area contributed by atoms with Gasteiger partial charge in [-0.05, 0) is 30.9 Å². The summed E-state index contributed by atoms with van der Waals surface area (Å²) in [5, 5.41) is 5.85. The highest BCUT2D eigenvalue weighted by atomic mass is 32.2. The van der Waals surface area contributed by atoms with Crippen molar-refractivity contribution < 1.29 is 14.4 Å². The molecule has 0 bridgehead atoms. The number of thioether (sulfide) groups is 1. The van der Waals surface area contributed by atoms with Gasteiger partial charge in [0.15, 0.2) is 0 Å². The maximum atomic E-state index is 12.4. The van der Waals surface area contributed by atoms with Crippen molar-refractivity contribution in [3.05, 3.63) is 35.4 Å². The molecule has 0 aromatic heterocycles. The van der Waals surface area contributed by atoms with Gasteiger partial charge in [0, 0.05) is 31.2 Å². The molecule has 6 nitrogen and oxygen atoms in total. The summed E-state index contributed by atoms with van der Waals surface area (Å²) < 4.78 is 0. The number of nitrogens with one attached hydrogen (secondary N) is 2. The SMILES string of the molecule is O=C(CSCC(=O)NC1CCCC1)NCCN1CCc2ccccc2C1=O. The molecule has 1 fully saturated rings. The van der Waals surface area contributed by atoms with Gasteiger partial charge >= 0.3 is 0 Å². The second-order valence-electron chi connectivity index (χ2n) is 7.09. The van der Waals surface area contributed by atoms with Crippen LogP contribution in [0.1, 0.15) is 41.6 Å². The fourth-order valence-corrected chi connectivity index (χ4v) is 4.30. The van der Waals surface area contributed by atoms with Crippen LogP contribution in [0.3, 0.4) is 0 Å². The molecular weight excluding hydrogens is 362 g/mol. The van der Waals surface area contributed by atoms with Gasteiger partial charge in [-0.3, -0.25) is 14.4 Å². The van der Waals surface area contributed by atoms with Crippen LogP contribution in [-0.4, -0.2) is 59.8 Å². The maximum Gasteiger partial charge on any atom is 0.254 e. The van der Waals surface area contributed by atoms with Crippen molar-refractivity contribution >= 4 is 29.5 Å². The molecule has 146 valence electrons. The van der Waals surface area contributed by atoms with E-state index in [1.54, 1.807) is 4.90 Å². The van der Waals surface area contributed by atoms with Crippen molar-refractivity contribution in [2.75, 3.05) is 31.1 Å². The van der Waals surface area contributed by atoms with E-state index >= 15 is 0 Å². The predicted molar refractivity (Wildman–Crippen MR) is 107 cm³/mol. The van der Waals surface area contributed by atoms with E-state index in [9.17, 15) is 14.4 Å². The van der Waals surface area contributed by atoms with Gasteiger partial charge in [0.25, 0.3) is 5.91 Å². The number of benzene rings is 1. The molecule has 1 aromatic carbocycles. The second kappa shape index (κ2) is 9.78. The van der Waals surface area contributed by atoms with E-state index in [0.29, 0.717) is 31.4 Å². The van der Waals surface area contributed by atoms with E-state index in [-0.39, 0.29) is 23.5 Å². The van der Waals surface area contributed by atoms with Gasteiger partial charge in [0.05, 0.1) is 11.5 Å². The molecule has 2 aliphatic rings. The minimum absolute atomic E-state index is 0.0114. The molecule has 1 aliphatic heterocycles. The monoisotopic (exact) mass is 389 g/mol. The number of fused-ring (bicyclic) bond motifs is 1. The van der Waals surface area contributed by atoms with E-state index in [1.807, 2.05) is 24.3 Å². The highest BCUT2D eigenvalue weighted by Gasteiger charge is 2.23. The lowest BCUT2D eigenvalue weighted by Gasteiger charge is -2.28. The lowest BCUT2D eigenvalue weighted by molar-refractivity contribution is -0.119. The fraction of sp³-hybridized carbons (Fsp3) is 0.550. The molecule has 1 heterocycles. The first-order valence-electron chi connectivity index (χ1n) is 9.64. The minimum Gasteiger partial charge on any atom is -0.354 e. The van der Waals surface area contributed by atoms with Crippen molar-refractivity contribution in [3.63, 3.8) is 0 Å². The summed E-state index contributed by atoms with van der Waals surface area (Å²) >= 11 is 1.33. The van der Waals surface area contributed by atoms with Crippen molar-refractivity contribution in [1.29, 1.82) is 0 Å². The average molecular weight is 390 g/mol. The van der Waals surface area contributed by atoms with Crippen LogP contribution in [0, 0.1) is 0 Å². The smallest absolute Gasteiger partial charge is 0.254 e. The zero-order valence-electron chi connectivity index (χ0n) is 15.5. The third-order valence-electron chi connectivity index (χ3n) is 5.08. The molecule has 0 spiro atoms. The van der Waals surface area contributed by atoms with Crippen LogP contribution in [0.15, 0.2) is 24.3 Å². The van der Waals surface area contributed by atoms with E-state index in [0.717, 1.165) is 30.4 Å². The maximum absolute atomic E-state index is 12.4. The number of rotatable bonds is 8. The fourth-order valence-electron chi connectivity index (χ4n) is 3.64. The summed E-state index contributed by atoms with van der Waals surface area (Å²) in [5.41, 5.74) is 1.86. The van der Waals surface area contributed by atoms with Crippen molar-refractivity contribution in [2.45, 2.75) is 38.1 Å². The molecule has 27 heavy (non-hydrogen) atoms. The van der Waals surface area contributed by atoms with E-state index in [2.05, 4.69) is 10.6 Å². The molecule has 1 aromatic rings. The predicted octanol–water partition coefficient (Wildman–Crippen LogP) is 1.59. The highest BCUT2D eigenvalue weighted by molar-refractivity contribution is 8.00. The van der Waals surface area contributed by atoms with Crippen LogP contribution in [0.25, 0.3) is 0 Å². The third kappa shape index (κ3) is 5.73. The third-order valence-corrected chi connectivity index (χ3v) is 6.01.